The van der Waals surface area contributed by atoms with Gasteiger partial charge in [0.15, 0.2) is 0 Å². The van der Waals surface area contributed by atoms with Crippen LogP contribution in [0.25, 0.3) is 0 Å². The van der Waals surface area contributed by atoms with Crippen LogP contribution in [0, 0.1) is 0 Å². The van der Waals surface area contributed by atoms with E-state index in [0.29, 0.717) is 17.4 Å². The highest BCUT2D eigenvalue weighted by atomic mass is 31.2. The molecule has 0 saturated carbocycles. The molecule has 53 heavy (non-hydrogen) atoms. The second-order valence-corrected chi connectivity index (χ2v) is 15.9. The van der Waals surface area contributed by atoms with Crippen molar-refractivity contribution in [2.45, 2.75) is 141 Å². The second-order valence-electron chi connectivity index (χ2n) is 14.5. The van der Waals surface area contributed by atoms with Crippen LogP contribution in [-0.4, -0.2) is 107 Å². The number of nitrogens with zero attached hydrogens (tertiary/aromatic N) is 1. The van der Waals surface area contributed by atoms with Crippen LogP contribution in [0.2, 0.25) is 0 Å². The van der Waals surface area contributed by atoms with Crippen molar-refractivity contribution >= 4 is 13.7 Å². The van der Waals surface area contributed by atoms with Crippen LogP contribution >= 0.6 is 7.82 Å². The first kappa shape index (κ1) is 50.8. The Hall–Kier alpha value is -2.18. The minimum Gasteiger partial charge on any atom is -0.390 e. The molecule has 0 aliphatic heterocycles. The van der Waals surface area contributed by atoms with Gasteiger partial charge in [-0.25, -0.2) is 4.57 Å². The summed E-state index contributed by atoms with van der Waals surface area (Å²) in [6.45, 7) is 4.28. The number of carbonyl (C=O) groups excluding carboxylic acids is 1. The smallest absolute Gasteiger partial charge is 0.390 e. The molecule has 0 heterocycles. The number of allylic oxidation sites excluding steroid dienone is 8. The predicted molar refractivity (Wildman–Crippen MR) is 216 cm³/mol. The first-order valence-corrected chi connectivity index (χ1v) is 21.1. The van der Waals surface area contributed by atoms with Gasteiger partial charge in [-0.1, -0.05) is 138 Å². The van der Waals surface area contributed by atoms with E-state index in [0.717, 1.165) is 25.7 Å². The lowest BCUT2D eigenvalue weighted by Crippen LogP contribution is -2.45. The van der Waals surface area contributed by atoms with Gasteiger partial charge in [0.2, 0.25) is 5.91 Å². The van der Waals surface area contributed by atoms with Gasteiger partial charge in [-0.05, 0) is 38.5 Å². The minimum absolute atomic E-state index is 0.00252. The summed E-state index contributed by atoms with van der Waals surface area (Å²) < 4.78 is 23.3. The zero-order chi connectivity index (χ0) is 39.8. The number of aliphatic hydroxyl groups excluding tert-OH is 4. The first-order valence-electron chi connectivity index (χ1n) is 19.6. The lowest BCUT2D eigenvalue weighted by molar-refractivity contribution is -0.870. The monoisotopic (exact) mass is 770 g/mol. The molecule has 0 bridgehead atoms. The summed E-state index contributed by atoms with van der Waals surface area (Å²) in [5, 5.41) is 44.1. The molecule has 6 atom stereocenters. The van der Waals surface area contributed by atoms with Crippen molar-refractivity contribution in [3.63, 3.8) is 0 Å². The van der Waals surface area contributed by atoms with Crippen LogP contribution in [0.4, 0.5) is 0 Å². The third-order valence-corrected chi connectivity index (χ3v) is 9.26. The van der Waals surface area contributed by atoms with E-state index in [1.807, 2.05) is 46.3 Å². The fourth-order valence-corrected chi connectivity index (χ4v) is 5.70. The average Bonchev–Trinajstić information content (AvgIpc) is 3.09. The number of phosphoric ester groups is 1. The van der Waals surface area contributed by atoms with Gasteiger partial charge in [0.1, 0.15) is 13.2 Å². The number of aliphatic hydroxyl groups is 4. The number of hydrogen-bond donors (Lipinski definition) is 6. The Morgan fingerprint density at radius 3 is 1.96 bits per heavy atom. The van der Waals surface area contributed by atoms with Crippen LogP contribution in [-0.2, 0) is 18.4 Å². The predicted octanol–water partition coefficient (Wildman–Crippen LogP) is 6.98. The van der Waals surface area contributed by atoms with Gasteiger partial charge in [0.25, 0.3) is 0 Å². The summed E-state index contributed by atoms with van der Waals surface area (Å²) in [7, 11) is 1.34. The third-order valence-electron chi connectivity index (χ3n) is 8.28. The van der Waals surface area contributed by atoms with Crippen LogP contribution in [0.15, 0.2) is 72.9 Å². The van der Waals surface area contributed by atoms with Gasteiger partial charge in [-0.15, -0.1) is 0 Å². The number of carbonyl (C=O) groups is 1. The number of rotatable bonds is 33. The van der Waals surface area contributed by atoms with Crippen molar-refractivity contribution in [2.24, 2.45) is 0 Å². The fraction of sp³-hybridized carbons (Fsp3) is 0.683. The summed E-state index contributed by atoms with van der Waals surface area (Å²) in [5.74, 6) is -0.436. The normalized spacial score (nSPS) is 17.1. The van der Waals surface area contributed by atoms with Crippen LogP contribution in [0.3, 0.4) is 0 Å². The lowest BCUT2D eigenvalue weighted by Gasteiger charge is -2.25. The maximum absolute atomic E-state index is 12.8. The minimum atomic E-state index is -4.43. The number of quaternary nitrogens is 1. The molecule has 1 unspecified atom stereocenters. The number of unbranched alkanes of at least 4 members (excludes halogenated alkanes) is 9. The molecule has 0 saturated heterocycles. The van der Waals surface area contributed by atoms with Crippen molar-refractivity contribution < 1.29 is 48.2 Å². The first-order chi connectivity index (χ1) is 25.2. The summed E-state index contributed by atoms with van der Waals surface area (Å²) in [4.78, 5) is 23.0. The summed E-state index contributed by atoms with van der Waals surface area (Å²) >= 11 is 0. The highest BCUT2D eigenvalue weighted by Crippen LogP contribution is 2.43. The van der Waals surface area contributed by atoms with Crippen LogP contribution in [0.1, 0.15) is 110 Å². The molecule has 0 fully saturated rings. The Labute approximate surface area is 321 Å². The highest BCUT2D eigenvalue weighted by Gasteiger charge is 2.28. The molecular weight excluding hydrogens is 695 g/mol. The Morgan fingerprint density at radius 2 is 1.34 bits per heavy atom. The average molecular weight is 770 g/mol. The Balaban J connectivity index is 4.91. The molecule has 0 aromatic carbocycles. The third kappa shape index (κ3) is 32.9. The Bertz CT molecular complexity index is 1150. The quantitative estimate of drug-likeness (QED) is 0.0136. The molecule has 0 aromatic heterocycles. The highest BCUT2D eigenvalue weighted by molar-refractivity contribution is 7.47. The molecular formula is C41H74N2O9P+. The number of amides is 1. The van der Waals surface area contributed by atoms with Gasteiger partial charge < -0.3 is 35.1 Å². The number of nitrogens with one attached hydrogen (secondary N) is 1. The molecule has 11 nitrogen and oxygen atoms in total. The Kier molecular flexibility index (Phi) is 30.8. The van der Waals surface area contributed by atoms with E-state index in [1.54, 1.807) is 48.6 Å². The second kappa shape index (κ2) is 32.1. The summed E-state index contributed by atoms with van der Waals surface area (Å²) in [5.41, 5.74) is 0. The van der Waals surface area contributed by atoms with E-state index < -0.39 is 50.8 Å². The largest absolute Gasteiger partial charge is 0.472 e. The molecule has 0 spiro atoms. The molecule has 0 rings (SSSR count). The van der Waals surface area contributed by atoms with Gasteiger partial charge in [0, 0.05) is 6.42 Å². The van der Waals surface area contributed by atoms with Crippen molar-refractivity contribution in [1.82, 2.24) is 5.32 Å². The van der Waals surface area contributed by atoms with Crippen molar-refractivity contribution in [2.75, 3.05) is 40.9 Å². The van der Waals surface area contributed by atoms with E-state index in [-0.39, 0.29) is 25.9 Å². The molecule has 0 aliphatic rings. The van der Waals surface area contributed by atoms with Crippen molar-refractivity contribution in [3.8, 4) is 0 Å². The van der Waals surface area contributed by atoms with E-state index in [4.69, 9.17) is 9.05 Å². The van der Waals surface area contributed by atoms with Crippen LogP contribution in [0.5, 0.6) is 0 Å². The van der Waals surface area contributed by atoms with E-state index in [9.17, 15) is 34.7 Å². The number of likely N-dealkylation sites (N-methyl/N-ethyl adjacent to an activating group) is 1. The topological polar surface area (TPSA) is 166 Å². The van der Waals surface area contributed by atoms with Crippen LogP contribution < -0.4 is 5.32 Å². The van der Waals surface area contributed by atoms with Crippen molar-refractivity contribution in [3.05, 3.63) is 72.9 Å². The molecule has 0 aliphatic carbocycles. The zero-order valence-electron chi connectivity index (χ0n) is 33.3. The summed E-state index contributed by atoms with van der Waals surface area (Å²) in [6, 6.07) is -1.01. The van der Waals surface area contributed by atoms with Gasteiger partial charge in [0.05, 0.1) is 58.2 Å². The molecule has 0 aromatic rings. The molecule has 0 radical (unpaired) electrons. The SMILES string of the molecule is CC/C=C\C[C@H](O)/C=C/C=C/C=C\C=C/[C@@H](O)[C@H](O)CCCC(=O)N[C@@H](COP(=O)(O)OCC[N+](C)(C)C)[C@H](O)/C=C/CCCCCCCCCCC. The van der Waals surface area contributed by atoms with Gasteiger partial charge in [-0.3, -0.25) is 13.8 Å². The van der Waals surface area contributed by atoms with Gasteiger partial charge >= 0.3 is 7.82 Å². The molecule has 12 heteroatoms. The zero-order valence-corrected chi connectivity index (χ0v) is 34.2. The maximum Gasteiger partial charge on any atom is 0.472 e. The van der Waals surface area contributed by atoms with Crippen molar-refractivity contribution in [1.29, 1.82) is 0 Å². The van der Waals surface area contributed by atoms with E-state index in [2.05, 4.69) is 12.2 Å². The van der Waals surface area contributed by atoms with Gasteiger partial charge in [-0.2, -0.15) is 0 Å². The number of phosphoric acid groups is 1. The van der Waals surface area contributed by atoms with E-state index in [1.165, 1.54) is 51.0 Å². The summed E-state index contributed by atoms with van der Waals surface area (Å²) in [6.07, 6.45) is 30.6. The molecule has 6 N–H and O–H groups in total. The fourth-order valence-electron chi connectivity index (χ4n) is 4.97. The Morgan fingerprint density at radius 1 is 0.736 bits per heavy atom. The lowest BCUT2D eigenvalue weighted by atomic mass is 10.1. The molecule has 306 valence electrons. The maximum atomic E-state index is 12.8. The number of hydrogen-bond acceptors (Lipinski definition) is 8. The van der Waals surface area contributed by atoms with E-state index >= 15 is 0 Å². The standard InChI is InChI=1S/C41H73N2O9P/c1-6-8-10-11-12-13-14-15-16-20-24-29-38(45)37(35-52-53(49,50)51-34-33-43(3,4)5)42-41(48)32-26-31-40(47)39(46)30-25-21-18-17-19-23-28-36(44)27-22-9-7-2/h9,17-19,21-25,28-30,36-40,44-47H,6-8,10-16,20,26-27,31-35H2,1-5H3,(H-,42,48,49,50)/p+1/b19-17+,21-18-,22-9-,28-23+,29-24+,30-25-/t36-,37-,38+,39+,40+/m0/s1. The molecule has 1 amide bonds.